The molecule has 2 aromatic rings. The van der Waals surface area contributed by atoms with Crippen LogP contribution >= 0.6 is 0 Å². The summed E-state index contributed by atoms with van der Waals surface area (Å²) < 4.78 is 13.1. The van der Waals surface area contributed by atoms with Gasteiger partial charge in [0.05, 0.1) is 12.1 Å². The van der Waals surface area contributed by atoms with Crippen molar-refractivity contribution in [1.29, 1.82) is 0 Å². The zero-order valence-corrected chi connectivity index (χ0v) is 13.5. The van der Waals surface area contributed by atoms with E-state index in [2.05, 4.69) is 15.3 Å². The van der Waals surface area contributed by atoms with Crippen LogP contribution in [0.25, 0.3) is 0 Å². The van der Waals surface area contributed by atoms with Gasteiger partial charge in [0.15, 0.2) is 0 Å². The van der Waals surface area contributed by atoms with Crippen molar-refractivity contribution in [2.45, 2.75) is 25.5 Å². The summed E-state index contributed by atoms with van der Waals surface area (Å²) in [5.41, 5.74) is 1.74. The maximum atomic E-state index is 13.1. The number of hydrogen-bond donors (Lipinski definition) is 2. The van der Waals surface area contributed by atoms with Crippen LogP contribution in [-0.2, 0) is 0 Å². The lowest BCUT2D eigenvalue weighted by molar-refractivity contribution is 0.0709. The molecule has 6 nitrogen and oxygen atoms in total. The molecule has 2 atom stereocenters. The van der Waals surface area contributed by atoms with Crippen LogP contribution in [0.1, 0.15) is 34.2 Å². The van der Waals surface area contributed by atoms with Crippen LogP contribution < -0.4 is 5.32 Å². The Bertz CT molecular complexity index is 751. The summed E-state index contributed by atoms with van der Waals surface area (Å²) >= 11 is 0. The van der Waals surface area contributed by atoms with Crippen LogP contribution in [0.4, 0.5) is 10.3 Å². The molecule has 1 aliphatic rings. The van der Waals surface area contributed by atoms with E-state index in [-0.39, 0.29) is 30.0 Å². The third-order valence-electron chi connectivity index (χ3n) is 4.09. The van der Waals surface area contributed by atoms with E-state index in [9.17, 15) is 14.3 Å². The molecule has 0 saturated carbocycles. The molecule has 3 rings (SSSR count). The van der Waals surface area contributed by atoms with E-state index >= 15 is 0 Å². The maximum Gasteiger partial charge on any atom is 0.273 e. The first kappa shape index (κ1) is 16.3. The topological polar surface area (TPSA) is 78.4 Å². The second-order valence-corrected chi connectivity index (χ2v) is 5.88. The Labute approximate surface area is 139 Å². The normalized spacial score (nSPS) is 20.2. The molecule has 2 heterocycles. The molecule has 126 valence electrons. The highest BCUT2D eigenvalue weighted by Crippen LogP contribution is 2.33. The first-order valence-electron chi connectivity index (χ1n) is 7.76. The van der Waals surface area contributed by atoms with Crippen molar-refractivity contribution in [3.05, 3.63) is 53.1 Å². The first-order chi connectivity index (χ1) is 11.5. The van der Waals surface area contributed by atoms with Crippen molar-refractivity contribution >= 4 is 11.9 Å². The minimum Gasteiger partial charge on any atom is -0.391 e. The number of carbonyl (C=O) groups excluding carboxylic acids is 1. The maximum absolute atomic E-state index is 13.1. The lowest BCUT2D eigenvalue weighted by Gasteiger charge is -2.24. The zero-order chi connectivity index (χ0) is 17.3. The average molecular weight is 330 g/mol. The van der Waals surface area contributed by atoms with Crippen LogP contribution in [0.2, 0.25) is 0 Å². The van der Waals surface area contributed by atoms with Gasteiger partial charge >= 0.3 is 0 Å². The Morgan fingerprint density at radius 3 is 2.71 bits per heavy atom. The number of anilines is 1. The molecule has 0 bridgehead atoms. The molecule has 1 fully saturated rings. The summed E-state index contributed by atoms with van der Waals surface area (Å²) in [6.07, 6.45) is -0.198. The number of likely N-dealkylation sites (tertiary alicyclic amines) is 1. The van der Waals surface area contributed by atoms with Crippen molar-refractivity contribution < 1.29 is 14.3 Å². The highest BCUT2D eigenvalue weighted by Gasteiger charge is 2.36. The van der Waals surface area contributed by atoms with E-state index in [0.717, 1.165) is 5.56 Å². The Morgan fingerprint density at radius 1 is 1.33 bits per heavy atom. The summed E-state index contributed by atoms with van der Waals surface area (Å²) in [4.78, 5) is 22.9. The predicted octanol–water partition coefficient (Wildman–Crippen LogP) is 1.91. The lowest BCUT2D eigenvalue weighted by atomic mass is 10.0. The quantitative estimate of drug-likeness (QED) is 0.899. The summed E-state index contributed by atoms with van der Waals surface area (Å²) in [5, 5.41) is 12.9. The Kier molecular flexibility index (Phi) is 4.44. The fourth-order valence-electron chi connectivity index (χ4n) is 2.98. The molecule has 0 aliphatic carbocycles. The minimum atomic E-state index is -0.615. The minimum absolute atomic E-state index is 0.221. The van der Waals surface area contributed by atoms with Gasteiger partial charge < -0.3 is 15.3 Å². The van der Waals surface area contributed by atoms with Gasteiger partial charge in [-0.1, -0.05) is 12.1 Å². The van der Waals surface area contributed by atoms with Gasteiger partial charge in [-0.3, -0.25) is 4.79 Å². The summed E-state index contributed by atoms with van der Waals surface area (Å²) in [6, 6.07) is 7.31. The molecule has 1 saturated heterocycles. The molecule has 0 spiro atoms. The number of nitrogens with zero attached hydrogens (tertiary/aromatic N) is 3. The molecule has 24 heavy (non-hydrogen) atoms. The van der Waals surface area contributed by atoms with Gasteiger partial charge in [-0.05, 0) is 37.1 Å². The summed E-state index contributed by atoms with van der Waals surface area (Å²) in [5.74, 6) is -0.237. The number of rotatable bonds is 3. The molecule has 2 N–H and O–H groups in total. The first-order valence-corrected chi connectivity index (χ1v) is 7.76. The molecule has 1 aromatic carbocycles. The fraction of sp³-hybridized carbons (Fsp3) is 0.353. The predicted molar refractivity (Wildman–Crippen MR) is 87.1 cm³/mol. The molecule has 0 unspecified atom stereocenters. The summed E-state index contributed by atoms with van der Waals surface area (Å²) in [7, 11) is 1.68. The van der Waals surface area contributed by atoms with Crippen molar-refractivity contribution in [2.24, 2.45) is 0 Å². The highest BCUT2D eigenvalue weighted by molar-refractivity contribution is 5.93. The van der Waals surface area contributed by atoms with E-state index in [1.807, 2.05) is 0 Å². The van der Waals surface area contributed by atoms with E-state index in [1.165, 1.54) is 12.1 Å². The highest BCUT2D eigenvalue weighted by atomic mass is 19.1. The molecule has 1 amide bonds. The number of β-amino-alcohol motifs (C(OH)–C–C–N with tert-alkyl or cyclic N) is 1. The number of halogens is 1. The molecule has 0 radical (unpaired) electrons. The van der Waals surface area contributed by atoms with E-state index in [0.29, 0.717) is 18.1 Å². The van der Waals surface area contributed by atoms with Crippen molar-refractivity contribution in [3.8, 4) is 0 Å². The van der Waals surface area contributed by atoms with Crippen molar-refractivity contribution in [3.63, 3.8) is 0 Å². The van der Waals surface area contributed by atoms with Gasteiger partial charge in [-0.2, -0.15) is 0 Å². The average Bonchev–Trinajstić information content (AvgIpc) is 2.96. The van der Waals surface area contributed by atoms with Gasteiger partial charge in [0.1, 0.15) is 11.5 Å². The van der Waals surface area contributed by atoms with Crippen molar-refractivity contribution in [2.75, 3.05) is 18.9 Å². The zero-order valence-electron chi connectivity index (χ0n) is 13.5. The molecule has 1 aliphatic heterocycles. The summed E-state index contributed by atoms with van der Waals surface area (Å²) in [6.45, 7) is 2.01. The monoisotopic (exact) mass is 330 g/mol. The van der Waals surface area contributed by atoms with Crippen LogP contribution in [0.3, 0.4) is 0 Å². The Morgan fingerprint density at radius 2 is 2.04 bits per heavy atom. The number of nitrogens with one attached hydrogen (secondary N) is 1. The molecular weight excluding hydrogens is 311 g/mol. The number of amides is 1. The third kappa shape index (κ3) is 3.21. The second-order valence-electron chi connectivity index (χ2n) is 5.88. The second kappa shape index (κ2) is 6.52. The number of aryl methyl sites for hydroxylation is 1. The fourth-order valence-corrected chi connectivity index (χ4v) is 2.98. The van der Waals surface area contributed by atoms with Crippen LogP contribution in [0.15, 0.2) is 30.3 Å². The Balaban J connectivity index is 1.92. The van der Waals surface area contributed by atoms with Gasteiger partial charge in [-0.15, -0.1) is 0 Å². The number of benzene rings is 1. The third-order valence-corrected chi connectivity index (χ3v) is 4.09. The van der Waals surface area contributed by atoms with E-state index < -0.39 is 6.10 Å². The van der Waals surface area contributed by atoms with Crippen LogP contribution in [0, 0.1) is 12.7 Å². The van der Waals surface area contributed by atoms with E-state index in [4.69, 9.17) is 0 Å². The van der Waals surface area contributed by atoms with Gasteiger partial charge in [0.2, 0.25) is 5.95 Å². The van der Waals surface area contributed by atoms with Gasteiger partial charge in [0, 0.05) is 19.3 Å². The number of carbonyl (C=O) groups is 1. The molecular formula is C17H19FN4O2. The van der Waals surface area contributed by atoms with Crippen LogP contribution in [0.5, 0.6) is 0 Å². The van der Waals surface area contributed by atoms with Gasteiger partial charge in [-0.25, -0.2) is 14.4 Å². The number of hydrogen-bond acceptors (Lipinski definition) is 5. The molecule has 7 heteroatoms. The van der Waals surface area contributed by atoms with Crippen molar-refractivity contribution in [1.82, 2.24) is 14.9 Å². The smallest absolute Gasteiger partial charge is 0.273 e. The SMILES string of the molecule is CNc1nc(C)cc(C(=O)N2C[C@@H](O)C[C@@H]2c2ccc(F)cc2)n1. The number of aromatic nitrogens is 2. The standard InChI is InChI=1S/C17H19FN4O2/c1-10-7-14(21-17(19-2)20-10)16(24)22-9-13(23)8-15(22)11-3-5-12(18)6-4-11/h3-7,13,15,23H,8-9H2,1-2H3,(H,19,20,21)/t13-,15+/m0/s1. The largest absolute Gasteiger partial charge is 0.391 e. The number of aliphatic hydroxyl groups excluding tert-OH is 1. The Hall–Kier alpha value is -2.54. The lowest BCUT2D eigenvalue weighted by Crippen LogP contribution is -2.32. The van der Waals surface area contributed by atoms with Gasteiger partial charge in [0.25, 0.3) is 5.91 Å². The van der Waals surface area contributed by atoms with E-state index in [1.54, 1.807) is 37.1 Å². The van der Waals surface area contributed by atoms with Crippen LogP contribution in [-0.4, -0.2) is 45.6 Å². The number of aliphatic hydroxyl groups is 1. The molecule has 1 aromatic heterocycles.